The Kier molecular flexibility index (Phi) is 6.91. The van der Waals surface area contributed by atoms with E-state index in [1.807, 2.05) is 43.3 Å². The third-order valence-electron chi connectivity index (χ3n) is 3.88. The predicted molar refractivity (Wildman–Crippen MR) is 106 cm³/mol. The number of rotatable bonds is 6. The monoisotopic (exact) mass is 352 g/mol. The fourth-order valence-electron chi connectivity index (χ4n) is 2.49. The van der Waals surface area contributed by atoms with Crippen LogP contribution in [0.1, 0.15) is 25.0 Å². The van der Waals surface area contributed by atoms with Crippen molar-refractivity contribution in [3.8, 4) is 0 Å². The minimum atomic E-state index is -0.817. The van der Waals surface area contributed by atoms with Gasteiger partial charge in [0, 0.05) is 24.5 Å². The standard InChI is InChI=1S/C20H24N4O2/c1-4-24(5-2)18-11-9-16(10-12-18)14-21-23-20(26)19(25)22-17-8-6-7-15(3)13-17/h6-14H,4-5H2,1-3H3,(H,22,25)(H,23,26)/b21-14+. The van der Waals surface area contributed by atoms with Gasteiger partial charge in [0.2, 0.25) is 0 Å². The van der Waals surface area contributed by atoms with Crippen LogP contribution in [0, 0.1) is 6.92 Å². The molecule has 6 heteroatoms. The van der Waals surface area contributed by atoms with Gasteiger partial charge in [-0.05, 0) is 56.2 Å². The average molecular weight is 352 g/mol. The first-order valence-corrected chi connectivity index (χ1v) is 8.59. The van der Waals surface area contributed by atoms with Crippen LogP contribution < -0.4 is 15.6 Å². The van der Waals surface area contributed by atoms with Gasteiger partial charge in [-0.1, -0.05) is 24.3 Å². The van der Waals surface area contributed by atoms with Crippen LogP contribution in [0.25, 0.3) is 0 Å². The Labute approximate surface area is 153 Å². The molecule has 2 N–H and O–H groups in total. The molecular formula is C20H24N4O2. The fourth-order valence-corrected chi connectivity index (χ4v) is 2.49. The molecule has 2 aromatic carbocycles. The second kappa shape index (κ2) is 9.36. The van der Waals surface area contributed by atoms with Crippen molar-refractivity contribution < 1.29 is 9.59 Å². The maximum absolute atomic E-state index is 11.8. The van der Waals surface area contributed by atoms with Crippen molar-refractivity contribution in [3.63, 3.8) is 0 Å². The van der Waals surface area contributed by atoms with Crippen molar-refractivity contribution in [1.82, 2.24) is 5.43 Å². The van der Waals surface area contributed by atoms with E-state index in [0.717, 1.165) is 29.9 Å². The highest BCUT2D eigenvalue weighted by Gasteiger charge is 2.12. The lowest BCUT2D eigenvalue weighted by Gasteiger charge is -2.20. The number of hydrogen-bond acceptors (Lipinski definition) is 4. The van der Waals surface area contributed by atoms with E-state index < -0.39 is 11.8 Å². The van der Waals surface area contributed by atoms with Gasteiger partial charge in [0.25, 0.3) is 0 Å². The van der Waals surface area contributed by atoms with Crippen molar-refractivity contribution in [2.24, 2.45) is 5.10 Å². The number of hydrazone groups is 1. The van der Waals surface area contributed by atoms with Crippen LogP contribution in [-0.2, 0) is 9.59 Å². The zero-order valence-electron chi connectivity index (χ0n) is 15.3. The smallest absolute Gasteiger partial charge is 0.329 e. The molecule has 0 aromatic heterocycles. The first kappa shape index (κ1) is 19.2. The minimum absolute atomic E-state index is 0.570. The van der Waals surface area contributed by atoms with E-state index in [4.69, 9.17) is 0 Å². The minimum Gasteiger partial charge on any atom is -0.372 e. The van der Waals surface area contributed by atoms with Gasteiger partial charge in [-0.25, -0.2) is 5.43 Å². The summed E-state index contributed by atoms with van der Waals surface area (Å²) >= 11 is 0. The zero-order chi connectivity index (χ0) is 18.9. The van der Waals surface area contributed by atoms with Gasteiger partial charge >= 0.3 is 11.8 Å². The number of carbonyl (C=O) groups is 2. The van der Waals surface area contributed by atoms with E-state index in [2.05, 4.69) is 34.6 Å². The predicted octanol–water partition coefficient (Wildman–Crippen LogP) is 2.93. The van der Waals surface area contributed by atoms with E-state index in [0.29, 0.717) is 5.69 Å². The number of amides is 2. The molecule has 0 aliphatic rings. The summed E-state index contributed by atoms with van der Waals surface area (Å²) in [4.78, 5) is 25.9. The third kappa shape index (κ3) is 5.44. The molecule has 136 valence electrons. The summed E-state index contributed by atoms with van der Waals surface area (Å²) in [6.07, 6.45) is 1.50. The molecule has 0 radical (unpaired) electrons. The van der Waals surface area contributed by atoms with Gasteiger partial charge in [-0.3, -0.25) is 9.59 Å². The number of anilines is 2. The van der Waals surface area contributed by atoms with E-state index in [1.165, 1.54) is 6.21 Å². The quantitative estimate of drug-likeness (QED) is 0.477. The van der Waals surface area contributed by atoms with Gasteiger partial charge in [-0.15, -0.1) is 0 Å². The van der Waals surface area contributed by atoms with Gasteiger partial charge in [0.1, 0.15) is 0 Å². The number of nitrogens with zero attached hydrogens (tertiary/aromatic N) is 2. The van der Waals surface area contributed by atoms with Gasteiger partial charge in [0.15, 0.2) is 0 Å². The van der Waals surface area contributed by atoms with Crippen LogP contribution in [0.4, 0.5) is 11.4 Å². The number of aryl methyl sites for hydroxylation is 1. The Morgan fingerprint density at radius 2 is 1.73 bits per heavy atom. The summed E-state index contributed by atoms with van der Waals surface area (Å²) in [5.41, 5.74) is 5.77. The first-order valence-electron chi connectivity index (χ1n) is 8.59. The van der Waals surface area contributed by atoms with Crippen LogP contribution in [-0.4, -0.2) is 31.1 Å². The molecule has 6 nitrogen and oxygen atoms in total. The maximum Gasteiger partial charge on any atom is 0.329 e. The third-order valence-corrected chi connectivity index (χ3v) is 3.88. The Morgan fingerprint density at radius 1 is 1.04 bits per heavy atom. The molecule has 0 heterocycles. The highest BCUT2D eigenvalue weighted by Crippen LogP contribution is 2.14. The summed E-state index contributed by atoms with van der Waals surface area (Å²) in [6.45, 7) is 8.00. The van der Waals surface area contributed by atoms with Crippen molar-refractivity contribution in [3.05, 3.63) is 59.7 Å². The van der Waals surface area contributed by atoms with Crippen molar-refractivity contribution in [2.45, 2.75) is 20.8 Å². The summed E-state index contributed by atoms with van der Waals surface area (Å²) < 4.78 is 0. The van der Waals surface area contributed by atoms with E-state index in [9.17, 15) is 9.59 Å². The Balaban J connectivity index is 1.89. The van der Waals surface area contributed by atoms with Gasteiger partial charge in [0.05, 0.1) is 6.21 Å². The van der Waals surface area contributed by atoms with Crippen LogP contribution in [0.2, 0.25) is 0 Å². The second-order valence-electron chi connectivity index (χ2n) is 5.79. The molecular weight excluding hydrogens is 328 g/mol. The van der Waals surface area contributed by atoms with Crippen LogP contribution in [0.15, 0.2) is 53.6 Å². The van der Waals surface area contributed by atoms with Crippen LogP contribution in [0.5, 0.6) is 0 Å². The molecule has 0 saturated heterocycles. The van der Waals surface area contributed by atoms with E-state index >= 15 is 0 Å². The van der Waals surface area contributed by atoms with Crippen molar-refractivity contribution in [2.75, 3.05) is 23.3 Å². The molecule has 0 atom stereocenters. The van der Waals surface area contributed by atoms with Crippen LogP contribution >= 0.6 is 0 Å². The van der Waals surface area contributed by atoms with Crippen LogP contribution in [0.3, 0.4) is 0 Å². The molecule has 0 bridgehead atoms. The normalized spacial score (nSPS) is 10.6. The average Bonchev–Trinajstić information content (AvgIpc) is 2.64. The molecule has 2 rings (SSSR count). The molecule has 2 amide bonds. The lowest BCUT2D eigenvalue weighted by molar-refractivity contribution is -0.136. The molecule has 0 unspecified atom stereocenters. The molecule has 0 spiro atoms. The van der Waals surface area contributed by atoms with Gasteiger partial charge < -0.3 is 10.2 Å². The summed E-state index contributed by atoms with van der Waals surface area (Å²) in [5, 5.41) is 6.37. The molecule has 26 heavy (non-hydrogen) atoms. The Hall–Kier alpha value is -3.15. The molecule has 0 saturated carbocycles. The molecule has 0 fully saturated rings. The fraction of sp³-hybridized carbons (Fsp3) is 0.250. The molecule has 2 aromatic rings. The van der Waals surface area contributed by atoms with E-state index in [-0.39, 0.29) is 0 Å². The number of nitrogens with one attached hydrogen (secondary N) is 2. The largest absolute Gasteiger partial charge is 0.372 e. The molecule has 0 aliphatic carbocycles. The topological polar surface area (TPSA) is 73.8 Å². The summed E-state index contributed by atoms with van der Waals surface area (Å²) in [7, 11) is 0. The SMILES string of the molecule is CCN(CC)c1ccc(/C=N/NC(=O)C(=O)Nc2cccc(C)c2)cc1. The lowest BCUT2D eigenvalue weighted by atomic mass is 10.2. The maximum atomic E-state index is 11.8. The zero-order valence-corrected chi connectivity index (χ0v) is 15.3. The Bertz CT molecular complexity index is 781. The highest BCUT2D eigenvalue weighted by atomic mass is 16.2. The molecule has 0 aliphatic heterocycles. The summed E-state index contributed by atoms with van der Waals surface area (Å²) in [6, 6.07) is 15.0. The van der Waals surface area contributed by atoms with Crippen molar-refractivity contribution in [1.29, 1.82) is 0 Å². The van der Waals surface area contributed by atoms with E-state index in [1.54, 1.807) is 12.1 Å². The van der Waals surface area contributed by atoms with Gasteiger partial charge in [-0.2, -0.15) is 5.10 Å². The highest BCUT2D eigenvalue weighted by molar-refractivity contribution is 6.39. The first-order chi connectivity index (χ1) is 12.5. The number of hydrogen-bond donors (Lipinski definition) is 2. The Morgan fingerprint density at radius 3 is 2.35 bits per heavy atom. The second-order valence-corrected chi connectivity index (χ2v) is 5.79. The van der Waals surface area contributed by atoms with Crippen molar-refractivity contribution >= 4 is 29.4 Å². The number of benzene rings is 2. The summed E-state index contributed by atoms with van der Waals surface area (Å²) in [5.74, 6) is -1.58. The lowest BCUT2D eigenvalue weighted by Crippen LogP contribution is -2.32. The number of carbonyl (C=O) groups excluding carboxylic acids is 2.